The van der Waals surface area contributed by atoms with E-state index in [1.165, 1.54) is 30.6 Å². The Morgan fingerprint density at radius 1 is 1.25 bits per heavy atom. The Labute approximate surface area is 96.5 Å². The first-order valence-electron chi connectivity index (χ1n) is 5.56. The highest BCUT2D eigenvalue weighted by atomic mass is 32.1. The zero-order valence-corrected chi connectivity index (χ0v) is 9.61. The number of rotatable bonds is 2. The van der Waals surface area contributed by atoms with Crippen molar-refractivity contribution < 1.29 is 4.79 Å². The van der Waals surface area contributed by atoms with Gasteiger partial charge < -0.3 is 0 Å². The highest BCUT2D eigenvalue weighted by Gasteiger charge is 2.22. The Morgan fingerprint density at radius 3 is 2.81 bits per heavy atom. The molecule has 0 radical (unpaired) electrons. The molecule has 0 spiro atoms. The molecule has 5 nitrogen and oxygen atoms in total. The lowest BCUT2D eigenvalue weighted by Crippen LogP contribution is -2.09. The van der Waals surface area contributed by atoms with Crippen molar-refractivity contribution in [1.82, 2.24) is 19.8 Å². The molecule has 0 unspecified atom stereocenters. The van der Waals surface area contributed by atoms with Gasteiger partial charge in [0.05, 0.1) is 0 Å². The molecular formula is C10H12N4OS. The highest BCUT2D eigenvalue weighted by molar-refractivity contribution is 7.18. The van der Waals surface area contributed by atoms with E-state index in [2.05, 4.69) is 15.3 Å². The summed E-state index contributed by atoms with van der Waals surface area (Å²) >= 11 is 1.29. The molecule has 84 valence electrons. The second-order valence-corrected chi connectivity index (χ2v) is 5.13. The van der Waals surface area contributed by atoms with Crippen LogP contribution >= 0.6 is 11.3 Å². The summed E-state index contributed by atoms with van der Waals surface area (Å²) in [5.41, 5.74) is 0. The van der Waals surface area contributed by atoms with Crippen molar-refractivity contribution in [3.63, 3.8) is 0 Å². The Morgan fingerprint density at radius 2 is 2.06 bits per heavy atom. The molecule has 0 aromatic carbocycles. The number of carbonyl (C=O) groups is 1. The van der Waals surface area contributed by atoms with E-state index < -0.39 is 0 Å². The summed E-state index contributed by atoms with van der Waals surface area (Å²) in [5, 5.41) is 13.0. The molecule has 0 saturated heterocycles. The molecule has 1 aliphatic carbocycles. The van der Waals surface area contributed by atoms with Gasteiger partial charge in [0.1, 0.15) is 0 Å². The van der Waals surface area contributed by atoms with Gasteiger partial charge in [-0.3, -0.25) is 4.79 Å². The van der Waals surface area contributed by atoms with Gasteiger partial charge in [0.25, 0.3) is 0 Å². The van der Waals surface area contributed by atoms with Gasteiger partial charge in [-0.15, -0.1) is 15.3 Å². The Kier molecular flexibility index (Phi) is 2.43. The molecule has 2 heterocycles. The van der Waals surface area contributed by atoms with Crippen LogP contribution < -0.4 is 0 Å². The normalized spacial score (nSPS) is 18.0. The molecule has 2 aromatic rings. The van der Waals surface area contributed by atoms with E-state index in [9.17, 15) is 4.79 Å². The number of carbonyl (C=O) groups excluding carboxylic acids is 1. The van der Waals surface area contributed by atoms with Crippen molar-refractivity contribution >= 4 is 22.6 Å². The SMILES string of the molecule is O=Cc1nn2c(C3CCCCC3)nnc2s1. The van der Waals surface area contributed by atoms with Crippen molar-refractivity contribution in [1.29, 1.82) is 0 Å². The summed E-state index contributed by atoms with van der Waals surface area (Å²) in [6.07, 6.45) is 6.91. The molecule has 16 heavy (non-hydrogen) atoms. The second kappa shape index (κ2) is 3.93. The van der Waals surface area contributed by atoms with Gasteiger partial charge in [0.15, 0.2) is 17.1 Å². The molecular weight excluding hydrogens is 224 g/mol. The number of aldehydes is 1. The Hall–Kier alpha value is -1.30. The number of nitrogens with zero attached hydrogens (tertiary/aromatic N) is 4. The Bertz CT molecular complexity index is 512. The minimum absolute atomic E-state index is 0.463. The van der Waals surface area contributed by atoms with E-state index in [-0.39, 0.29) is 0 Å². The zero-order valence-electron chi connectivity index (χ0n) is 8.80. The van der Waals surface area contributed by atoms with Crippen LogP contribution in [-0.2, 0) is 0 Å². The highest BCUT2D eigenvalue weighted by Crippen LogP contribution is 2.32. The maximum absolute atomic E-state index is 10.6. The first-order chi connectivity index (χ1) is 7.88. The second-order valence-electron chi connectivity index (χ2n) is 4.15. The van der Waals surface area contributed by atoms with Gasteiger partial charge in [0, 0.05) is 5.92 Å². The number of fused-ring (bicyclic) bond motifs is 1. The quantitative estimate of drug-likeness (QED) is 0.749. The topological polar surface area (TPSA) is 60.2 Å². The van der Waals surface area contributed by atoms with Crippen LogP contribution in [0.15, 0.2) is 0 Å². The predicted molar refractivity (Wildman–Crippen MR) is 59.9 cm³/mol. The summed E-state index contributed by atoms with van der Waals surface area (Å²) in [7, 11) is 0. The first-order valence-corrected chi connectivity index (χ1v) is 6.37. The minimum atomic E-state index is 0.463. The monoisotopic (exact) mass is 236 g/mol. The van der Waals surface area contributed by atoms with Crippen LogP contribution in [0.2, 0.25) is 0 Å². The van der Waals surface area contributed by atoms with E-state index >= 15 is 0 Å². The molecule has 0 bridgehead atoms. The molecule has 1 aliphatic rings. The lowest BCUT2D eigenvalue weighted by Gasteiger charge is -2.18. The van der Waals surface area contributed by atoms with E-state index in [1.807, 2.05) is 0 Å². The van der Waals surface area contributed by atoms with Crippen molar-refractivity contribution in [2.24, 2.45) is 0 Å². The van der Waals surface area contributed by atoms with E-state index in [4.69, 9.17) is 0 Å². The van der Waals surface area contributed by atoms with Crippen LogP contribution in [0, 0.1) is 0 Å². The van der Waals surface area contributed by atoms with Crippen molar-refractivity contribution in [2.45, 2.75) is 38.0 Å². The largest absolute Gasteiger partial charge is 0.295 e. The van der Waals surface area contributed by atoms with Crippen LogP contribution in [-0.4, -0.2) is 26.1 Å². The van der Waals surface area contributed by atoms with Crippen molar-refractivity contribution in [2.75, 3.05) is 0 Å². The number of hydrogen-bond donors (Lipinski definition) is 0. The van der Waals surface area contributed by atoms with Crippen LogP contribution in [0.3, 0.4) is 0 Å². The molecule has 0 N–H and O–H groups in total. The van der Waals surface area contributed by atoms with E-state index in [0.29, 0.717) is 10.9 Å². The van der Waals surface area contributed by atoms with Gasteiger partial charge >= 0.3 is 0 Å². The molecule has 2 aromatic heterocycles. The molecule has 3 rings (SSSR count). The molecule has 1 fully saturated rings. The summed E-state index contributed by atoms with van der Waals surface area (Å²) in [6, 6.07) is 0. The number of aromatic nitrogens is 4. The average molecular weight is 236 g/mol. The van der Waals surface area contributed by atoms with Crippen LogP contribution in [0.1, 0.15) is 53.6 Å². The smallest absolute Gasteiger partial charge is 0.235 e. The number of hydrogen-bond acceptors (Lipinski definition) is 5. The van der Waals surface area contributed by atoms with Gasteiger partial charge in [-0.05, 0) is 12.8 Å². The fraction of sp³-hybridized carbons (Fsp3) is 0.600. The molecule has 0 atom stereocenters. The lowest BCUT2D eigenvalue weighted by molar-refractivity contribution is 0.112. The van der Waals surface area contributed by atoms with Crippen LogP contribution in [0.5, 0.6) is 0 Å². The lowest BCUT2D eigenvalue weighted by atomic mass is 9.89. The zero-order chi connectivity index (χ0) is 11.0. The average Bonchev–Trinajstić information content (AvgIpc) is 2.88. The molecule has 0 amide bonds. The fourth-order valence-electron chi connectivity index (χ4n) is 2.31. The third-order valence-electron chi connectivity index (χ3n) is 3.10. The van der Waals surface area contributed by atoms with Gasteiger partial charge in [-0.2, -0.15) is 4.52 Å². The van der Waals surface area contributed by atoms with Crippen molar-refractivity contribution in [3.8, 4) is 0 Å². The third-order valence-corrected chi connectivity index (χ3v) is 3.93. The summed E-state index contributed by atoms with van der Waals surface area (Å²) in [5.74, 6) is 1.39. The molecule has 6 heteroatoms. The maximum atomic E-state index is 10.6. The maximum Gasteiger partial charge on any atom is 0.235 e. The van der Waals surface area contributed by atoms with Gasteiger partial charge in [-0.1, -0.05) is 30.6 Å². The predicted octanol–water partition coefficient (Wildman–Crippen LogP) is 2.05. The van der Waals surface area contributed by atoms with Crippen molar-refractivity contribution in [3.05, 3.63) is 10.8 Å². The Balaban J connectivity index is 2.01. The fourth-order valence-corrected chi connectivity index (χ4v) is 2.97. The summed E-state index contributed by atoms with van der Waals surface area (Å²) < 4.78 is 1.74. The summed E-state index contributed by atoms with van der Waals surface area (Å²) in [4.78, 5) is 11.4. The summed E-state index contributed by atoms with van der Waals surface area (Å²) in [6.45, 7) is 0. The van der Waals surface area contributed by atoms with Gasteiger partial charge in [-0.25, -0.2) is 0 Å². The molecule has 0 aliphatic heterocycles. The third kappa shape index (κ3) is 1.53. The van der Waals surface area contributed by atoms with E-state index in [1.54, 1.807) is 4.52 Å². The first kappa shape index (κ1) is 9.89. The standard InChI is InChI=1S/C10H12N4OS/c15-6-8-13-14-9(11-12-10(14)16-8)7-4-2-1-3-5-7/h6-7H,1-5H2. The molecule has 1 saturated carbocycles. The van der Waals surface area contributed by atoms with Crippen LogP contribution in [0.4, 0.5) is 0 Å². The van der Waals surface area contributed by atoms with Crippen LogP contribution in [0.25, 0.3) is 4.96 Å². The van der Waals surface area contributed by atoms with E-state index in [0.717, 1.165) is 29.9 Å². The van der Waals surface area contributed by atoms with Gasteiger partial charge in [0.2, 0.25) is 4.96 Å². The minimum Gasteiger partial charge on any atom is -0.295 e.